The fourth-order valence-electron chi connectivity index (χ4n) is 2.73. The molecule has 2 aromatic rings. The molecule has 0 saturated heterocycles. The van der Waals surface area contributed by atoms with Gasteiger partial charge in [-0.3, -0.25) is 9.10 Å². The van der Waals surface area contributed by atoms with Crippen LogP contribution in [-0.2, 0) is 21.2 Å². The molecule has 2 aromatic carbocycles. The summed E-state index contributed by atoms with van der Waals surface area (Å²) in [4.78, 5) is 11.9. The summed E-state index contributed by atoms with van der Waals surface area (Å²) in [7, 11) is -3.50. The summed E-state index contributed by atoms with van der Waals surface area (Å²) < 4.78 is 38.2. The Balaban J connectivity index is 1.74. The van der Waals surface area contributed by atoms with Crippen molar-refractivity contribution in [3.05, 3.63) is 66.0 Å². The van der Waals surface area contributed by atoms with Crippen LogP contribution in [0.2, 0.25) is 0 Å². The second-order valence-corrected chi connectivity index (χ2v) is 8.26. The minimum atomic E-state index is -3.50. The van der Waals surface area contributed by atoms with Crippen LogP contribution in [0.4, 0.5) is 10.1 Å². The van der Waals surface area contributed by atoms with Gasteiger partial charge in [-0.2, -0.15) is 0 Å². The van der Waals surface area contributed by atoms with E-state index in [1.807, 2.05) is 18.2 Å². The van der Waals surface area contributed by atoms with Gasteiger partial charge >= 0.3 is 0 Å². The van der Waals surface area contributed by atoms with Crippen LogP contribution in [0.25, 0.3) is 0 Å². The van der Waals surface area contributed by atoms with Gasteiger partial charge in [-0.1, -0.05) is 30.3 Å². The molecule has 146 valence electrons. The van der Waals surface area contributed by atoms with E-state index in [2.05, 4.69) is 17.4 Å². The quantitative estimate of drug-likeness (QED) is 0.632. The van der Waals surface area contributed by atoms with Crippen LogP contribution >= 0.6 is 0 Å². The summed E-state index contributed by atoms with van der Waals surface area (Å²) in [6.45, 7) is 0.753. The van der Waals surface area contributed by atoms with E-state index in [1.54, 1.807) is 0 Å². The van der Waals surface area contributed by atoms with Gasteiger partial charge in [-0.05, 0) is 49.1 Å². The molecule has 27 heavy (non-hydrogen) atoms. The van der Waals surface area contributed by atoms with Crippen molar-refractivity contribution in [3.8, 4) is 0 Å². The average molecular weight is 392 g/mol. The van der Waals surface area contributed by atoms with Gasteiger partial charge in [0.05, 0.1) is 11.9 Å². The standard InChI is InChI=1S/C20H25FN2O3S/c1-27(25,26)23(19-13-11-18(21)12-14-19)16-6-10-20(24)22-15-5-9-17-7-3-2-4-8-17/h2-4,7-8,11-14H,5-6,9-10,15-16H2,1H3,(H,22,24). The average Bonchev–Trinajstić information content (AvgIpc) is 2.63. The smallest absolute Gasteiger partial charge is 0.232 e. The number of aryl methyl sites for hydroxylation is 1. The molecule has 0 bridgehead atoms. The van der Waals surface area contributed by atoms with Crippen molar-refractivity contribution < 1.29 is 17.6 Å². The van der Waals surface area contributed by atoms with Gasteiger partial charge in [0.15, 0.2) is 0 Å². The minimum absolute atomic E-state index is 0.101. The molecular formula is C20H25FN2O3S. The summed E-state index contributed by atoms with van der Waals surface area (Å²) in [5.41, 5.74) is 1.62. The van der Waals surface area contributed by atoms with Crippen molar-refractivity contribution in [2.45, 2.75) is 25.7 Å². The number of anilines is 1. The highest BCUT2D eigenvalue weighted by atomic mass is 32.2. The summed E-state index contributed by atoms with van der Waals surface area (Å²) in [5, 5.41) is 2.86. The van der Waals surface area contributed by atoms with Gasteiger partial charge in [-0.15, -0.1) is 0 Å². The largest absolute Gasteiger partial charge is 0.356 e. The molecule has 0 aromatic heterocycles. The molecular weight excluding hydrogens is 367 g/mol. The molecule has 5 nitrogen and oxygen atoms in total. The van der Waals surface area contributed by atoms with E-state index in [4.69, 9.17) is 0 Å². The highest BCUT2D eigenvalue weighted by molar-refractivity contribution is 7.92. The zero-order valence-corrected chi connectivity index (χ0v) is 16.2. The predicted octanol–water partition coefficient (Wildman–Crippen LogP) is 3.12. The number of carbonyl (C=O) groups is 1. The Hall–Kier alpha value is -2.41. The van der Waals surface area contributed by atoms with Crippen molar-refractivity contribution in [1.82, 2.24) is 5.32 Å². The number of carbonyl (C=O) groups excluding carboxylic acids is 1. The first-order valence-corrected chi connectivity index (χ1v) is 10.7. The molecule has 7 heteroatoms. The van der Waals surface area contributed by atoms with Gasteiger partial charge in [0.25, 0.3) is 0 Å². The topological polar surface area (TPSA) is 66.5 Å². The number of benzene rings is 2. The Labute approximate surface area is 160 Å². The lowest BCUT2D eigenvalue weighted by atomic mass is 10.1. The second kappa shape index (κ2) is 10.1. The third-order valence-corrected chi connectivity index (χ3v) is 5.28. The first kappa shape index (κ1) is 20.9. The van der Waals surface area contributed by atoms with Gasteiger partial charge in [0.1, 0.15) is 5.82 Å². The van der Waals surface area contributed by atoms with Crippen LogP contribution in [0.1, 0.15) is 24.8 Å². The fraction of sp³-hybridized carbons (Fsp3) is 0.350. The maximum absolute atomic E-state index is 13.0. The van der Waals surface area contributed by atoms with Crippen LogP contribution in [0, 0.1) is 5.82 Å². The third kappa shape index (κ3) is 7.38. The number of nitrogens with one attached hydrogen (secondary N) is 1. The molecule has 0 unspecified atom stereocenters. The molecule has 0 fully saturated rings. The molecule has 0 spiro atoms. The van der Waals surface area contributed by atoms with E-state index in [-0.39, 0.29) is 18.9 Å². The Morgan fingerprint density at radius 3 is 2.33 bits per heavy atom. The number of rotatable bonds is 10. The summed E-state index contributed by atoms with van der Waals surface area (Å²) >= 11 is 0. The SMILES string of the molecule is CS(=O)(=O)N(CCCC(=O)NCCCc1ccccc1)c1ccc(F)cc1. The third-order valence-electron chi connectivity index (χ3n) is 4.09. The number of sulfonamides is 1. The van der Waals surface area contributed by atoms with Crippen molar-refractivity contribution in [3.63, 3.8) is 0 Å². The molecule has 1 amide bonds. The normalized spacial score (nSPS) is 11.2. The van der Waals surface area contributed by atoms with Gasteiger partial charge in [0, 0.05) is 19.5 Å². The highest BCUT2D eigenvalue weighted by Crippen LogP contribution is 2.18. The molecule has 0 aliphatic carbocycles. The van der Waals surface area contributed by atoms with Crippen LogP contribution < -0.4 is 9.62 Å². The monoisotopic (exact) mass is 392 g/mol. The van der Waals surface area contributed by atoms with Crippen LogP contribution in [0.3, 0.4) is 0 Å². The van der Waals surface area contributed by atoms with E-state index in [0.717, 1.165) is 19.1 Å². The molecule has 2 rings (SSSR count). The van der Waals surface area contributed by atoms with Gasteiger partial charge in [0.2, 0.25) is 15.9 Å². The number of hydrogen-bond donors (Lipinski definition) is 1. The Morgan fingerprint density at radius 1 is 1.04 bits per heavy atom. The van der Waals surface area contributed by atoms with Crippen LogP contribution in [0.15, 0.2) is 54.6 Å². The lowest BCUT2D eigenvalue weighted by Crippen LogP contribution is -2.32. The summed E-state index contributed by atoms with van der Waals surface area (Å²) in [6, 6.07) is 15.3. The predicted molar refractivity (Wildman–Crippen MR) is 106 cm³/mol. The van der Waals surface area contributed by atoms with E-state index >= 15 is 0 Å². The number of halogens is 1. The van der Waals surface area contributed by atoms with E-state index in [9.17, 15) is 17.6 Å². The maximum atomic E-state index is 13.0. The van der Waals surface area contributed by atoms with E-state index in [1.165, 1.54) is 34.1 Å². The van der Waals surface area contributed by atoms with Crippen molar-refractivity contribution >= 4 is 21.6 Å². The minimum Gasteiger partial charge on any atom is -0.356 e. The lowest BCUT2D eigenvalue weighted by Gasteiger charge is -2.22. The first-order chi connectivity index (χ1) is 12.9. The first-order valence-electron chi connectivity index (χ1n) is 8.90. The Morgan fingerprint density at radius 2 is 1.70 bits per heavy atom. The lowest BCUT2D eigenvalue weighted by molar-refractivity contribution is -0.121. The molecule has 0 aliphatic rings. The Kier molecular flexibility index (Phi) is 7.79. The zero-order chi connectivity index (χ0) is 19.7. The fourth-order valence-corrected chi connectivity index (χ4v) is 3.70. The summed E-state index contributed by atoms with van der Waals surface area (Å²) in [5.74, 6) is -0.530. The Bertz CT molecular complexity index is 824. The van der Waals surface area contributed by atoms with Crippen LogP contribution in [-0.4, -0.2) is 33.7 Å². The molecule has 1 N–H and O–H groups in total. The zero-order valence-electron chi connectivity index (χ0n) is 15.4. The van der Waals surface area contributed by atoms with Crippen molar-refractivity contribution in [1.29, 1.82) is 0 Å². The van der Waals surface area contributed by atoms with Crippen molar-refractivity contribution in [2.75, 3.05) is 23.7 Å². The van der Waals surface area contributed by atoms with E-state index in [0.29, 0.717) is 18.7 Å². The molecule has 0 saturated carbocycles. The maximum Gasteiger partial charge on any atom is 0.232 e. The molecule has 0 atom stereocenters. The van der Waals surface area contributed by atoms with Crippen LogP contribution in [0.5, 0.6) is 0 Å². The van der Waals surface area contributed by atoms with Gasteiger partial charge < -0.3 is 5.32 Å². The number of nitrogens with zero attached hydrogens (tertiary/aromatic N) is 1. The van der Waals surface area contributed by atoms with Crippen molar-refractivity contribution in [2.24, 2.45) is 0 Å². The van der Waals surface area contributed by atoms with Gasteiger partial charge in [-0.25, -0.2) is 12.8 Å². The number of amides is 1. The molecule has 0 aliphatic heterocycles. The number of hydrogen-bond acceptors (Lipinski definition) is 3. The molecule has 0 radical (unpaired) electrons. The van der Waals surface area contributed by atoms with E-state index < -0.39 is 15.8 Å². The second-order valence-electron chi connectivity index (χ2n) is 6.35. The highest BCUT2D eigenvalue weighted by Gasteiger charge is 2.17. The molecule has 0 heterocycles. The summed E-state index contributed by atoms with van der Waals surface area (Å²) in [6.07, 6.45) is 3.46.